The van der Waals surface area contributed by atoms with Crippen molar-refractivity contribution in [2.45, 2.75) is 133 Å². The number of aryl methyl sites for hydroxylation is 5. The standard InChI is InChI=1S/C25H31N7O2S2.C23H27N7O2S2.C22H25N7S/c1-5-31(6-2)36(33,34)25-17(3)12-22(35-25)29-23-24-26-14-21(19-13-27-30(4)15-19)32(24)16-20(28-23)18-10-8-7-9-11-18;1-15-10-20(33-23(15)34(31,32)28(2)3)27-21-22-24-12-19(17-11-25-29(4)13-17)30(22)14-18(26-21)16-8-6-5-7-9-16;1-14(2)17-9-20(30-27-17)26-21-22-23-11-19(16-10-24-28(3)12-16)29(22)13-18(25-21)15-7-5-4-6-8-15/h10,12-16H,5-9,11H2,1-4H3,(H,28,29);8,10-14H,5-7,9H2,1-4H3,(H,26,27);7,9-14H,4-6,8H2,1-3H3,(H,25,26). The zero-order valence-corrected chi connectivity index (χ0v) is 62.2. The number of thiophene rings is 2. The van der Waals surface area contributed by atoms with Gasteiger partial charge in [-0.3, -0.25) is 27.2 Å². The summed E-state index contributed by atoms with van der Waals surface area (Å²) >= 11 is 3.89. The molecule has 12 aromatic heterocycles. The van der Waals surface area contributed by atoms with Crippen molar-refractivity contribution in [3.63, 3.8) is 0 Å². The third kappa shape index (κ3) is 14.5. The number of aromatic nitrogens is 16. The molecule has 0 radical (unpaired) electrons. The molecule has 0 bridgehead atoms. The number of anilines is 6. The largest absolute Gasteiger partial charge is 0.329 e. The van der Waals surface area contributed by atoms with E-state index in [2.05, 4.69) is 94.3 Å². The van der Waals surface area contributed by atoms with E-state index in [4.69, 9.17) is 19.9 Å². The lowest BCUT2D eigenvalue weighted by molar-refractivity contribution is 0.446. The highest BCUT2D eigenvalue weighted by molar-refractivity contribution is 7.91. The summed E-state index contributed by atoms with van der Waals surface area (Å²) in [5.74, 6) is 2.34. The van der Waals surface area contributed by atoms with Crippen molar-refractivity contribution in [2.75, 3.05) is 43.1 Å². The summed E-state index contributed by atoms with van der Waals surface area (Å²) in [4.78, 5) is 28.9. The highest BCUT2D eigenvalue weighted by atomic mass is 32.3. The fourth-order valence-electron chi connectivity index (χ4n) is 12.6. The van der Waals surface area contributed by atoms with Gasteiger partial charge in [0.2, 0.25) is 0 Å². The predicted molar refractivity (Wildman–Crippen MR) is 400 cm³/mol. The van der Waals surface area contributed by atoms with Crippen LogP contribution in [-0.2, 0) is 41.2 Å². The zero-order valence-electron chi connectivity index (χ0n) is 58.1. The number of hydrogen-bond donors (Lipinski definition) is 3. The molecule has 15 rings (SSSR count). The van der Waals surface area contributed by atoms with Crippen molar-refractivity contribution in [3.8, 4) is 33.8 Å². The molecule has 0 aromatic carbocycles. The summed E-state index contributed by atoms with van der Waals surface area (Å²) in [6.45, 7) is 12.5. The van der Waals surface area contributed by atoms with Crippen molar-refractivity contribution in [1.82, 2.24) is 85.4 Å². The average molecular weight is 1440 g/mol. The van der Waals surface area contributed by atoms with Gasteiger partial charge in [-0.15, -0.1) is 22.7 Å². The van der Waals surface area contributed by atoms with E-state index in [0.29, 0.717) is 65.9 Å². The molecule has 0 aliphatic heterocycles. The first-order chi connectivity index (χ1) is 48.1. The van der Waals surface area contributed by atoms with Gasteiger partial charge in [0, 0.05) is 102 Å². The molecule has 0 saturated carbocycles. The highest BCUT2D eigenvalue weighted by Gasteiger charge is 2.29. The Labute approximate surface area is 594 Å². The smallest absolute Gasteiger partial charge is 0.252 e. The molecule has 12 aromatic rings. The van der Waals surface area contributed by atoms with Crippen LogP contribution in [0.15, 0.2) is 119 Å². The van der Waals surface area contributed by atoms with E-state index >= 15 is 0 Å². The van der Waals surface area contributed by atoms with E-state index in [0.717, 1.165) is 130 Å². The van der Waals surface area contributed by atoms with Gasteiger partial charge in [0.15, 0.2) is 34.4 Å². The van der Waals surface area contributed by atoms with Crippen molar-refractivity contribution in [2.24, 2.45) is 21.1 Å². The Kier molecular flexibility index (Phi) is 20.3. The minimum Gasteiger partial charge on any atom is -0.329 e. The minimum absolute atomic E-state index is 0.321. The van der Waals surface area contributed by atoms with Crippen LogP contribution in [0.3, 0.4) is 0 Å². The van der Waals surface area contributed by atoms with Crippen LogP contribution < -0.4 is 16.0 Å². The fourth-order valence-corrected chi connectivity index (χ4v) is 19.3. The quantitative estimate of drug-likeness (QED) is 0.0679. The first kappa shape index (κ1) is 69.4. The number of rotatable bonds is 19. The van der Waals surface area contributed by atoms with E-state index in [1.54, 1.807) is 30.4 Å². The number of allylic oxidation sites excluding steroid dienone is 6. The van der Waals surface area contributed by atoms with E-state index in [-0.39, 0.29) is 0 Å². The fraction of sp³-hybridized carbons (Fsp3) is 0.371. The summed E-state index contributed by atoms with van der Waals surface area (Å²) in [6, 6.07) is 5.82. The lowest BCUT2D eigenvalue weighted by atomic mass is 9.97. The molecule has 0 spiro atoms. The monoisotopic (exact) mass is 1440 g/mol. The van der Waals surface area contributed by atoms with Crippen LogP contribution in [0.2, 0.25) is 0 Å². The highest BCUT2D eigenvalue weighted by Crippen LogP contribution is 2.40. The van der Waals surface area contributed by atoms with Crippen LogP contribution in [0.5, 0.6) is 0 Å². The first-order valence-electron chi connectivity index (χ1n) is 33.7. The Bertz CT molecular complexity index is 5310. The Morgan fingerprint density at radius 2 is 0.870 bits per heavy atom. The number of sulfonamides is 2. The molecule has 0 atom stereocenters. The normalized spacial score (nSPS) is 14.6. The van der Waals surface area contributed by atoms with Gasteiger partial charge in [-0.2, -0.15) is 24.0 Å². The van der Waals surface area contributed by atoms with E-state index in [1.807, 2.05) is 136 Å². The molecule has 30 heteroatoms. The molecule has 3 aliphatic rings. The Morgan fingerprint density at radius 1 is 0.500 bits per heavy atom. The van der Waals surface area contributed by atoms with Crippen LogP contribution >= 0.6 is 34.2 Å². The maximum Gasteiger partial charge on any atom is 0.252 e. The molecule has 25 nitrogen and oxygen atoms in total. The minimum atomic E-state index is -3.55. The number of nitrogens with zero attached hydrogens (tertiary/aromatic N) is 18. The summed E-state index contributed by atoms with van der Waals surface area (Å²) in [7, 11) is 1.71. The van der Waals surface area contributed by atoms with Gasteiger partial charge in [-0.1, -0.05) is 45.9 Å². The maximum atomic E-state index is 13.2. The molecule has 12 heterocycles. The Balaban J connectivity index is 0.000000135. The zero-order chi connectivity index (χ0) is 70.1. The lowest BCUT2D eigenvalue weighted by Crippen LogP contribution is -2.30. The first-order valence-corrected chi connectivity index (χ1v) is 39.0. The van der Waals surface area contributed by atoms with Gasteiger partial charge in [0.25, 0.3) is 20.0 Å². The third-order valence-electron chi connectivity index (χ3n) is 17.9. The second-order valence-corrected chi connectivity index (χ2v) is 33.1. The Morgan fingerprint density at radius 3 is 1.18 bits per heavy atom. The van der Waals surface area contributed by atoms with Crippen LogP contribution in [0, 0.1) is 13.8 Å². The molecular weight excluding hydrogens is 1360 g/mol. The summed E-state index contributed by atoms with van der Waals surface area (Å²) in [6.07, 6.45) is 43.4. The van der Waals surface area contributed by atoms with Crippen LogP contribution in [0.4, 0.5) is 32.5 Å². The molecule has 3 aliphatic carbocycles. The third-order valence-corrected chi connectivity index (χ3v) is 26.0. The lowest BCUT2D eigenvalue weighted by Gasteiger charge is -2.17. The second kappa shape index (κ2) is 29.3. The van der Waals surface area contributed by atoms with Crippen molar-refractivity contribution >= 4 is 120 Å². The van der Waals surface area contributed by atoms with Gasteiger partial charge >= 0.3 is 0 Å². The van der Waals surface area contributed by atoms with Crippen LogP contribution in [-0.4, -0.2) is 129 Å². The van der Waals surface area contributed by atoms with Crippen molar-refractivity contribution < 1.29 is 16.8 Å². The molecular formula is C70H83N21O4S5. The topological polar surface area (TPSA) is 268 Å². The number of hydrogen-bond acceptors (Lipinski definition) is 20. The number of nitrogens with one attached hydrogen (secondary N) is 3. The summed E-state index contributed by atoms with van der Waals surface area (Å²) < 4.78 is 71.3. The van der Waals surface area contributed by atoms with E-state index in [9.17, 15) is 16.8 Å². The average Bonchev–Trinajstić information content (AvgIpc) is 1.61. The van der Waals surface area contributed by atoms with E-state index < -0.39 is 20.0 Å². The molecule has 0 fully saturated rings. The van der Waals surface area contributed by atoms with Gasteiger partial charge in [-0.25, -0.2) is 51.0 Å². The molecule has 0 saturated heterocycles. The number of fused-ring (bicyclic) bond motifs is 3. The van der Waals surface area contributed by atoms with Gasteiger partial charge in [-0.05, 0) is 154 Å². The van der Waals surface area contributed by atoms with Gasteiger partial charge in [0.1, 0.15) is 13.4 Å². The summed E-state index contributed by atoms with van der Waals surface area (Å²) in [5, 5.41) is 25.6. The maximum absolute atomic E-state index is 13.2. The Hall–Kier alpha value is -9.04. The molecule has 100 heavy (non-hydrogen) atoms. The molecule has 3 N–H and O–H groups in total. The van der Waals surface area contributed by atoms with Gasteiger partial charge in [0.05, 0.1) is 87.0 Å². The van der Waals surface area contributed by atoms with Crippen molar-refractivity contribution in [3.05, 3.63) is 145 Å². The van der Waals surface area contributed by atoms with Crippen molar-refractivity contribution in [1.29, 1.82) is 0 Å². The number of imidazole rings is 3. The van der Waals surface area contributed by atoms with Crippen LogP contribution in [0.25, 0.3) is 67.4 Å². The predicted octanol–water partition coefficient (Wildman–Crippen LogP) is 15.1. The van der Waals surface area contributed by atoms with Gasteiger partial charge < -0.3 is 16.0 Å². The molecule has 0 unspecified atom stereocenters. The SMILES string of the molecule is CC(C)c1cc(Nc2nc(C3=CCCCC3)cn3c(-c4cnn(C)c4)cnc23)sn1.CCN(CC)S(=O)(=O)c1sc(Nc2nc(C3=CCCCC3)cn3c(-c4cnn(C)c4)cnc23)cc1C.Cc1cc(Nc2nc(C3=CCCCC3)cn3c(-c4cnn(C)c4)cnc23)sc1S(=O)(=O)N(C)C. The second-order valence-electron chi connectivity index (χ2n) is 25.8. The van der Waals surface area contributed by atoms with Crippen LogP contribution in [0.1, 0.15) is 145 Å². The molecule has 522 valence electrons. The molecule has 0 amide bonds. The summed E-state index contributed by atoms with van der Waals surface area (Å²) in [5.41, 5.74) is 17.0. The van der Waals surface area contributed by atoms with E-state index in [1.165, 1.54) is 85.2 Å².